The minimum Gasteiger partial charge on any atom is -0.494 e. The van der Waals surface area contributed by atoms with Crippen molar-refractivity contribution in [3.05, 3.63) is 65.7 Å². The summed E-state index contributed by atoms with van der Waals surface area (Å²) in [7, 11) is 1.37. The van der Waals surface area contributed by atoms with Gasteiger partial charge in [-0.1, -0.05) is 23.4 Å². The van der Waals surface area contributed by atoms with Crippen LogP contribution in [0, 0.1) is 5.82 Å². The highest BCUT2D eigenvalue weighted by atomic mass is 19.1. The Balaban J connectivity index is 1.55. The number of carbonyl (C=O) groups is 1. The number of carbonyl (C=O) groups excluding carboxylic acids is 1. The molecule has 1 N–H and O–H groups in total. The maximum absolute atomic E-state index is 13.6. The van der Waals surface area contributed by atoms with Crippen molar-refractivity contribution < 1.29 is 18.4 Å². The summed E-state index contributed by atoms with van der Waals surface area (Å²) in [4.78, 5) is 16.3. The molecule has 3 rings (SSSR count). The lowest BCUT2D eigenvalue weighted by molar-refractivity contribution is 0.0953. The van der Waals surface area contributed by atoms with Gasteiger partial charge in [0.25, 0.3) is 11.8 Å². The van der Waals surface area contributed by atoms with E-state index in [9.17, 15) is 9.18 Å². The first kappa shape index (κ1) is 16.6. The number of benzene rings is 2. The summed E-state index contributed by atoms with van der Waals surface area (Å²) >= 11 is 0. The fraction of sp³-hybridized carbons (Fsp3) is 0.167. The number of nitrogens with zero attached hydrogens (tertiary/aromatic N) is 2. The van der Waals surface area contributed by atoms with E-state index in [1.54, 1.807) is 0 Å². The van der Waals surface area contributed by atoms with Crippen molar-refractivity contribution in [2.24, 2.45) is 0 Å². The zero-order valence-corrected chi connectivity index (χ0v) is 13.5. The predicted molar refractivity (Wildman–Crippen MR) is 88.7 cm³/mol. The third-order valence-electron chi connectivity index (χ3n) is 3.54. The Hall–Kier alpha value is -3.22. The summed E-state index contributed by atoms with van der Waals surface area (Å²) in [5.74, 6) is 0.0464. The van der Waals surface area contributed by atoms with E-state index in [1.807, 2.05) is 30.3 Å². The van der Waals surface area contributed by atoms with Gasteiger partial charge in [0.05, 0.1) is 7.11 Å². The summed E-state index contributed by atoms with van der Waals surface area (Å²) in [5, 5.41) is 6.58. The maximum atomic E-state index is 13.6. The fourth-order valence-electron chi connectivity index (χ4n) is 2.25. The van der Waals surface area contributed by atoms with E-state index in [4.69, 9.17) is 9.26 Å². The fourth-order valence-corrected chi connectivity index (χ4v) is 2.25. The molecule has 1 amide bonds. The van der Waals surface area contributed by atoms with E-state index in [2.05, 4.69) is 15.5 Å². The normalized spacial score (nSPS) is 10.5. The molecule has 0 fully saturated rings. The first-order valence-electron chi connectivity index (χ1n) is 7.67. The summed E-state index contributed by atoms with van der Waals surface area (Å²) in [6, 6.07) is 13.5. The molecule has 1 aromatic heterocycles. The van der Waals surface area contributed by atoms with Gasteiger partial charge >= 0.3 is 0 Å². The number of halogens is 1. The van der Waals surface area contributed by atoms with Gasteiger partial charge in [-0.2, -0.15) is 4.98 Å². The number of amides is 1. The zero-order valence-electron chi connectivity index (χ0n) is 13.5. The lowest BCUT2D eigenvalue weighted by Gasteiger charge is -2.06. The van der Waals surface area contributed by atoms with Crippen molar-refractivity contribution in [2.75, 3.05) is 13.7 Å². The SMILES string of the molecule is COc1ccc(C(=O)NCCc2noc(-c3ccccc3)n2)cc1F. The van der Waals surface area contributed by atoms with Crippen LogP contribution in [0.2, 0.25) is 0 Å². The molecule has 0 aliphatic heterocycles. The van der Waals surface area contributed by atoms with Gasteiger partial charge < -0.3 is 14.6 Å². The second kappa shape index (κ2) is 7.57. The summed E-state index contributed by atoms with van der Waals surface area (Å²) in [5.41, 5.74) is 1.05. The van der Waals surface area contributed by atoms with Crippen LogP contribution in [0.4, 0.5) is 4.39 Å². The summed E-state index contributed by atoms with van der Waals surface area (Å²) in [6.07, 6.45) is 0.403. The van der Waals surface area contributed by atoms with Gasteiger partial charge in [0.2, 0.25) is 0 Å². The van der Waals surface area contributed by atoms with Crippen LogP contribution in [0.25, 0.3) is 11.5 Å². The van der Waals surface area contributed by atoms with Crippen LogP contribution in [0.5, 0.6) is 5.75 Å². The molecule has 6 nitrogen and oxygen atoms in total. The molecule has 2 aromatic carbocycles. The molecule has 7 heteroatoms. The van der Waals surface area contributed by atoms with Gasteiger partial charge in [0.15, 0.2) is 17.4 Å². The number of rotatable bonds is 6. The highest BCUT2D eigenvalue weighted by Crippen LogP contribution is 2.18. The number of ether oxygens (including phenoxy) is 1. The largest absolute Gasteiger partial charge is 0.494 e. The predicted octanol–water partition coefficient (Wildman–Crippen LogP) is 2.86. The number of aromatic nitrogens is 2. The first-order chi connectivity index (χ1) is 12.2. The van der Waals surface area contributed by atoms with E-state index < -0.39 is 5.82 Å². The summed E-state index contributed by atoms with van der Waals surface area (Å²) in [6.45, 7) is 0.306. The average molecular weight is 341 g/mol. The van der Waals surface area contributed by atoms with Crippen molar-refractivity contribution in [1.29, 1.82) is 0 Å². The van der Waals surface area contributed by atoms with Gasteiger partial charge in [-0.05, 0) is 30.3 Å². The quantitative estimate of drug-likeness (QED) is 0.746. The standard InChI is InChI=1S/C18H16FN3O3/c1-24-15-8-7-13(11-14(15)19)17(23)20-10-9-16-21-18(25-22-16)12-5-3-2-4-6-12/h2-8,11H,9-10H2,1H3,(H,20,23). The van der Waals surface area contributed by atoms with E-state index in [0.717, 1.165) is 11.6 Å². The van der Waals surface area contributed by atoms with E-state index in [1.165, 1.54) is 19.2 Å². The molecule has 0 radical (unpaired) electrons. The Kier molecular flexibility index (Phi) is 5.03. The van der Waals surface area contributed by atoms with Crippen LogP contribution < -0.4 is 10.1 Å². The molecular formula is C18H16FN3O3. The van der Waals surface area contributed by atoms with Gasteiger partial charge in [0, 0.05) is 24.1 Å². The second-order valence-corrected chi connectivity index (χ2v) is 5.24. The Labute approximate surface area is 143 Å². The molecule has 0 atom stereocenters. The molecular weight excluding hydrogens is 325 g/mol. The molecule has 0 aliphatic carbocycles. The highest BCUT2D eigenvalue weighted by molar-refractivity contribution is 5.94. The molecule has 128 valence electrons. The average Bonchev–Trinajstić information content (AvgIpc) is 3.11. The van der Waals surface area contributed by atoms with Crippen molar-refractivity contribution in [3.8, 4) is 17.2 Å². The summed E-state index contributed by atoms with van der Waals surface area (Å²) < 4.78 is 23.6. The van der Waals surface area contributed by atoms with Gasteiger partial charge in [-0.3, -0.25) is 4.79 Å². The molecule has 0 spiro atoms. The van der Waals surface area contributed by atoms with Crippen LogP contribution in [-0.4, -0.2) is 29.7 Å². The minimum absolute atomic E-state index is 0.0942. The molecule has 1 heterocycles. The Morgan fingerprint density at radius 1 is 1.24 bits per heavy atom. The highest BCUT2D eigenvalue weighted by Gasteiger charge is 2.11. The maximum Gasteiger partial charge on any atom is 0.257 e. The van der Waals surface area contributed by atoms with Crippen molar-refractivity contribution in [1.82, 2.24) is 15.5 Å². The third kappa shape index (κ3) is 4.00. The first-order valence-corrected chi connectivity index (χ1v) is 7.67. The van der Waals surface area contributed by atoms with Crippen molar-refractivity contribution in [2.45, 2.75) is 6.42 Å². The van der Waals surface area contributed by atoms with E-state index in [-0.39, 0.29) is 17.2 Å². The van der Waals surface area contributed by atoms with Crippen LogP contribution in [0.1, 0.15) is 16.2 Å². The Morgan fingerprint density at radius 3 is 2.76 bits per heavy atom. The van der Waals surface area contributed by atoms with E-state index >= 15 is 0 Å². The molecule has 0 saturated carbocycles. The molecule has 0 saturated heterocycles. The van der Waals surface area contributed by atoms with Crippen molar-refractivity contribution >= 4 is 5.91 Å². The number of hydrogen-bond acceptors (Lipinski definition) is 5. The van der Waals surface area contributed by atoms with Crippen LogP contribution in [0.15, 0.2) is 53.1 Å². The number of hydrogen-bond donors (Lipinski definition) is 1. The molecule has 0 bridgehead atoms. The smallest absolute Gasteiger partial charge is 0.257 e. The molecule has 0 unspecified atom stereocenters. The minimum atomic E-state index is -0.583. The third-order valence-corrected chi connectivity index (χ3v) is 3.54. The van der Waals surface area contributed by atoms with Crippen molar-refractivity contribution in [3.63, 3.8) is 0 Å². The second-order valence-electron chi connectivity index (χ2n) is 5.24. The lowest BCUT2D eigenvalue weighted by Crippen LogP contribution is -2.26. The van der Waals surface area contributed by atoms with Crippen LogP contribution >= 0.6 is 0 Å². The number of methoxy groups -OCH3 is 1. The number of nitrogens with one attached hydrogen (secondary N) is 1. The van der Waals surface area contributed by atoms with Crippen LogP contribution in [-0.2, 0) is 6.42 Å². The van der Waals surface area contributed by atoms with Gasteiger partial charge in [-0.25, -0.2) is 4.39 Å². The topological polar surface area (TPSA) is 77.2 Å². The Morgan fingerprint density at radius 2 is 2.04 bits per heavy atom. The van der Waals surface area contributed by atoms with E-state index in [0.29, 0.717) is 24.7 Å². The molecule has 25 heavy (non-hydrogen) atoms. The lowest BCUT2D eigenvalue weighted by atomic mass is 10.2. The van der Waals surface area contributed by atoms with Crippen LogP contribution in [0.3, 0.4) is 0 Å². The Bertz CT molecular complexity index is 865. The molecule has 0 aliphatic rings. The van der Waals surface area contributed by atoms with Gasteiger partial charge in [-0.15, -0.1) is 0 Å². The van der Waals surface area contributed by atoms with Gasteiger partial charge in [0.1, 0.15) is 0 Å². The molecule has 3 aromatic rings. The monoisotopic (exact) mass is 341 g/mol. The zero-order chi connectivity index (χ0) is 17.6.